The Morgan fingerprint density at radius 3 is 2.40 bits per heavy atom. The van der Waals surface area contributed by atoms with E-state index in [9.17, 15) is 0 Å². The molecule has 0 amide bonds. The van der Waals surface area contributed by atoms with Gasteiger partial charge in [-0.25, -0.2) is 0 Å². The topological polar surface area (TPSA) is 36.4 Å². The first kappa shape index (κ1) is 19.0. The smallest absolute Gasteiger partial charge is 0.0963 e. The summed E-state index contributed by atoms with van der Waals surface area (Å²) < 4.78 is 0. The molecule has 0 aliphatic carbocycles. The number of allylic oxidation sites excluding steroid dienone is 1. The molecule has 3 nitrogen and oxygen atoms in total. The number of rotatable bonds is 13. The van der Waals surface area contributed by atoms with Crippen molar-refractivity contribution in [2.45, 2.75) is 78.8 Å². The summed E-state index contributed by atoms with van der Waals surface area (Å²) in [6, 6.07) is 0. The molecule has 0 aromatic heterocycles. The standard InChI is InChI=1S/C17H35N3/c1-5-9-10-12-16(11-6-2)14-18-15-20-17(8-4)19-13-7-3/h7,13,15-17,19H,5-6,8-12,14H2,1-4H3,(H,18,20)/b13-7-/t16-,17-/m0/s1. The van der Waals surface area contributed by atoms with E-state index in [0.29, 0.717) is 0 Å². The minimum Gasteiger partial charge on any atom is -0.372 e. The van der Waals surface area contributed by atoms with E-state index in [2.05, 4.69) is 36.4 Å². The third-order valence-electron chi connectivity index (χ3n) is 3.52. The van der Waals surface area contributed by atoms with E-state index < -0.39 is 0 Å². The number of nitrogens with one attached hydrogen (secondary N) is 2. The second-order valence-corrected chi connectivity index (χ2v) is 5.44. The van der Waals surface area contributed by atoms with Crippen molar-refractivity contribution in [2.75, 3.05) is 6.54 Å². The third kappa shape index (κ3) is 10.9. The van der Waals surface area contributed by atoms with E-state index in [-0.39, 0.29) is 6.17 Å². The summed E-state index contributed by atoms with van der Waals surface area (Å²) in [5, 5.41) is 6.61. The first-order valence-electron chi connectivity index (χ1n) is 8.39. The van der Waals surface area contributed by atoms with Crippen LogP contribution in [0.5, 0.6) is 0 Å². The van der Waals surface area contributed by atoms with Gasteiger partial charge < -0.3 is 10.6 Å². The van der Waals surface area contributed by atoms with Gasteiger partial charge in [-0.1, -0.05) is 52.5 Å². The van der Waals surface area contributed by atoms with E-state index in [0.717, 1.165) is 18.9 Å². The molecule has 2 atom stereocenters. The summed E-state index contributed by atoms with van der Waals surface area (Å²) in [6.45, 7) is 9.67. The molecule has 0 aromatic rings. The first-order valence-corrected chi connectivity index (χ1v) is 8.39. The third-order valence-corrected chi connectivity index (χ3v) is 3.52. The molecule has 0 aliphatic heterocycles. The van der Waals surface area contributed by atoms with Crippen molar-refractivity contribution in [1.29, 1.82) is 0 Å². The van der Waals surface area contributed by atoms with Gasteiger partial charge in [-0.2, -0.15) is 0 Å². The Bertz CT molecular complexity index is 249. The van der Waals surface area contributed by atoms with Crippen LogP contribution in [0, 0.1) is 5.92 Å². The van der Waals surface area contributed by atoms with Crippen LogP contribution in [0.15, 0.2) is 17.3 Å². The average Bonchev–Trinajstić information content (AvgIpc) is 2.46. The SMILES string of the molecule is C/C=C\N[C@H](CC)NC=NC[C@@H](CCC)CCCCC. The van der Waals surface area contributed by atoms with Gasteiger partial charge in [0.25, 0.3) is 0 Å². The second kappa shape index (κ2) is 14.4. The molecule has 3 heteroatoms. The van der Waals surface area contributed by atoms with E-state index in [1.807, 2.05) is 25.5 Å². The summed E-state index contributed by atoms with van der Waals surface area (Å²) in [5.41, 5.74) is 0. The van der Waals surface area contributed by atoms with Crippen LogP contribution in [0.2, 0.25) is 0 Å². The maximum absolute atomic E-state index is 4.56. The van der Waals surface area contributed by atoms with Crippen molar-refractivity contribution < 1.29 is 0 Å². The Morgan fingerprint density at radius 1 is 1.00 bits per heavy atom. The molecule has 0 fully saturated rings. The fraction of sp³-hybridized carbons (Fsp3) is 0.824. The highest BCUT2D eigenvalue weighted by Crippen LogP contribution is 2.15. The minimum absolute atomic E-state index is 0.277. The van der Waals surface area contributed by atoms with Gasteiger partial charge in [0, 0.05) is 6.54 Å². The Balaban J connectivity index is 3.95. The van der Waals surface area contributed by atoms with Crippen LogP contribution in [-0.2, 0) is 0 Å². The monoisotopic (exact) mass is 281 g/mol. The molecule has 20 heavy (non-hydrogen) atoms. The number of hydrogen-bond donors (Lipinski definition) is 2. The summed E-state index contributed by atoms with van der Waals surface area (Å²) in [6.07, 6.45) is 15.1. The Hall–Kier alpha value is -0.990. The van der Waals surface area contributed by atoms with Crippen LogP contribution in [0.25, 0.3) is 0 Å². The molecule has 0 aliphatic rings. The lowest BCUT2D eigenvalue weighted by atomic mass is 9.97. The molecule has 2 N–H and O–H groups in total. The summed E-state index contributed by atoms with van der Waals surface area (Å²) >= 11 is 0. The number of aliphatic imine (C=N–C) groups is 1. The molecule has 0 heterocycles. The maximum Gasteiger partial charge on any atom is 0.0963 e. The van der Waals surface area contributed by atoms with E-state index >= 15 is 0 Å². The van der Waals surface area contributed by atoms with Crippen molar-refractivity contribution in [3.05, 3.63) is 12.3 Å². The Labute approximate surface area is 126 Å². The van der Waals surface area contributed by atoms with Gasteiger partial charge in [0.1, 0.15) is 0 Å². The Kier molecular flexibility index (Phi) is 13.7. The molecule has 0 saturated carbocycles. The summed E-state index contributed by atoms with van der Waals surface area (Å²) in [7, 11) is 0. The summed E-state index contributed by atoms with van der Waals surface area (Å²) in [4.78, 5) is 4.56. The average molecular weight is 281 g/mol. The molecular formula is C17H35N3. The lowest BCUT2D eigenvalue weighted by Crippen LogP contribution is -2.38. The van der Waals surface area contributed by atoms with Gasteiger partial charge >= 0.3 is 0 Å². The zero-order chi connectivity index (χ0) is 15.1. The van der Waals surface area contributed by atoms with Crippen LogP contribution in [0.4, 0.5) is 0 Å². The molecule has 0 spiro atoms. The van der Waals surface area contributed by atoms with Crippen molar-refractivity contribution in [3.63, 3.8) is 0 Å². The normalized spacial score (nSPS) is 14.8. The largest absolute Gasteiger partial charge is 0.372 e. The number of nitrogens with zero attached hydrogens (tertiary/aromatic N) is 1. The van der Waals surface area contributed by atoms with E-state index in [4.69, 9.17) is 0 Å². The van der Waals surface area contributed by atoms with Gasteiger partial charge in [-0.3, -0.25) is 4.99 Å². The van der Waals surface area contributed by atoms with Crippen molar-refractivity contribution >= 4 is 6.34 Å². The molecule has 0 radical (unpaired) electrons. The van der Waals surface area contributed by atoms with Gasteiger partial charge in [0.05, 0.1) is 12.5 Å². The molecule has 0 rings (SSSR count). The highest BCUT2D eigenvalue weighted by Gasteiger charge is 2.06. The molecule has 0 bridgehead atoms. The lowest BCUT2D eigenvalue weighted by molar-refractivity contribution is 0.433. The van der Waals surface area contributed by atoms with Crippen molar-refractivity contribution in [3.8, 4) is 0 Å². The van der Waals surface area contributed by atoms with E-state index in [1.54, 1.807) is 0 Å². The quantitative estimate of drug-likeness (QED) is 0.226. The molecular weight excluding hydrogens is 246 g/mol. The van der Waals surface area contributed by atoms with Crippen molar-refractivity contribution in [1.82, 2.24) is 10.6 Å². The zero-order valence-electron chi connectivity index (χ0n) is 14.0. The maximum atomic E-state index is 4.56. The zero-order valence-corrected chi connectivity index (χ0v) is 14.0. The first-order chi connectivity index (χ1) is 9.78. The van der Waals surface area contributed by atoms with Gasteiger partial charge in [0.2, 0.25) is 0 Å². The predicted octanol–water partition coefficient (Wildman–Crippen LogP) is 4.46. The van der Waals surface area contributed by atoms with Crippen LogP contribution in [0.1, 0.15) is 72.6 Å². The number of unbranched alkanes of at least 4 members (excludes halogenated alkanes) is 2. The molecule has 0 aromatic carbocycles. The van der Waals surface area contributed by atoms with Crippen LogP contribution >= 0.6 is 0 Å². The van der Waals surface area contributed by atoms with Crippen molar-refractivity contribution in [2.24, 2.45) is 10.9 Å². The Morgan fingerprint density at radius 2 is 1.80 bits per heavy atom. The highest BCUT2D eigenvalue weighted by atomic mass is 15.1. The number of hydrogen-bond acceptors (Lipinski definition) is 2. The minimum atomic E-state index is 0.277. The summed E-state index contributed by atoms with van der Waals surface area (Å²) in [5.74, 6) is 0.758. The highest BCUT2D eigenvalue weighted by molar-refractivity contribution is 5.54. The van der Waals surface area contributed by atoms with Crippen LogP contribution in [-0.4, -0.2) is 19.0 Å². The van der Waals surface area contributed by atoms with Gasteiger partial charge in [-0.15, -0.1) is 0 Å². The molecule has 0 saturated heterocycles. The van der Waals surface area contributed by atoms with Gasteiger partial charge in [0.15, 0.2) is 0 Å². The predicted molar refractivity (Wildman–Crippen MR) is 91.1 cm³/mol. The van der Waals surface area contributed by atoms with E-state index in [1.165, 1.54) is 38.5 Å². The van der Waals surface area contributed by atoms with Crippen LogP contribution in [0.3, 0.4) is 0 Å². The molecule has 118 valence electrons. The van der Waals surface area contributed by atoms with Gasteiger partial charge in [-0.05, 0) is 38.3 Å². The lowest BCUT2D eigenvalue weighted by Gasteiger charge is -2.16. The fourth-order valence-electron chi connectivity index (χ4n) is 2.26. The fourth-order valence-corrected chi connectivity index (χ4v) is 2.26. The second-order valence-electron chi connectivity index (χ2n) is 5.44. The molecule has 0 unspecified atom stereocenters. The van der Waals surface area contributed by atoms with Crippen LogP contribution < -0.4 is 10.6 Å².